The quantitative estimate of drug-likeness (QED) is 0.776. The summed E-state index contributed by atoms with van der Waals surface area (Å²) in [6.45, 7) is 0.392. The molecule has 1 aliphatic rings. The van der Waals surface area contributed by atoms with Crippen molar-refractivity contribution in [2.45, 2.75) is 25.3 Å². The smallest absolute Gasteiger partial charge is 0.307 e. The van der Waals surface area contributed by atoms with Crippen LogP contribution in [0.25, 0.3) is 0 Å². The van der Waals surface area contributed by atoms with E-state index in [4.69, 9.17) is 0 Å². The number of ether oxygens (including phenoxy) is 1. The van der Waals surface area contributed by atoms with Crippen molar-refractivity contribution in [1.29, 1.82) is 0 Å². The molecule has 19 heavy (non-hydrogen) atoms. The van der Waals surface area contributed by atoms with E-state index < -0.39 is 0 Å². The van der Waals surface area contributed by atoms with Gasteiger partial charge in [0.2, 0.25) is 0 Å². The number of carbonyl (C=O) groups excluding carboxylic acids is 2. The van der Waals surface area contributed by atoms with Crippen LogP contribution in [0.1, 0.15) is 29.6 Å². The van der Waals surface area contributed by atoms with Crippen molar-refractivity contribution in [1.82, 2.24) is 9.88 Å². The molecule has 0 unspecified atom stereocenters. The van der Waals surface area contributed by atoms with Gasteiger partial charge < -0.3 is 9.64 Å². The zero-order valence-electron chi connectivity index (χ0n) is 10.6. The predicted molar refractivity (Wildman–Crippen MR) is 72.6 cm³/mol. The normalized spacial score (nSPS) is 14.0. The van der Waals surface area contributed by atoms with Crippen LogP contribution in [0.5, 0.6) is 0 Å². The molecule has 1 amide bonds. The maximum atomic E-state index is 12.4. The van der Waals surface area contributed by atoms with Gasteiger partial charge in [-0.15, -0.1) is 0 Å². The van der Waals surface area contributed by atoms with E-state index in [9.17, 15) is 9.59 Å². The minimum atomic E-state index is -0.300. The Morgan fingerprint density at radius 2 is 2.21 bits per heavy atom. The Kier molecular flexibility index (Phi) is 4.52. The Morgan fingerprint density at radius 1 is 1.47 bits per heavy atom. The second-order valence-corrected chi connectivity index (χ2v) is 5.36. The molecule has 1 fully saturated rings. The number of pyridine rings is 1. The fourth-order valence-corrected chi connectivity index (χ4v) is 2.21. The molecular weight excluding hydrogens is 312 g/mol. The molecule has 5 nitrogen and oxygen atoms in total. The Hall–Kier alpha value is -1.43. The Bertz CT molecular complexity index is 489. The molecular formula is C13H15BrN2O3. The molecule has 0 atom stereocenters. The molecule has 0 bridgehead atoms. The molecule has 0 saturated heterocycles. The van der Waals surface area contributed by atoms with E-state index in [2.05, 4.69) is 25.7 Å². The van der Waals surface area contributed by atoms with Gasteiger partial charge in [-0.3, -0.25) is 14.6 Å². The van der Waals surface area contributed by atoms with Gasteiger partial charge in [0.1, 0.15) is 0 Å². The zero-order chi connectivity index (χ0) is 13.8. The van der Waals surface area contributed by atoms with Gasteiger partial charge in [0.25, 0.3) is 5.91 Å². The molecule has 0 aromatic carbocycles. The lowest BCUT2D eigenvalue weighted by molar-refractivity contribution is -0.140. The molecule has 1 aromatic heterocycles. The van der Waals surface area contributed by atoms with E-state index in [-0.39, 0.29) is 24.3 Å². The predicted octanol–water partition coefficient (Wildman–Crippen LogP) is 2.01. The molecule has 2 rings (SSSR count). The third kappa shape index (κ3) is 3.76. The highest BCUT2D eigenvalue weighted by molar-refractivity contribution is 9.10. The van der Waals surface area contributed by atoms with Gasteiger partial charge in [0, 0.05) is 29.5 Å². The number of amides is 1. The van der Waals surface area contributed by atoms with E-state index in [1.165, 1.54) is 7.11 Å². The molecule has 6 heteroatoms. The van der Waals surface area contributed by atoms with Crippen molar-refractivity contribution in [2.24, 2.45) is 0 Å². The molecule has 0 radical (unpaired) electrons. The van der Waals surface area contributed by atoms with Gasteiger partial charge in [-0.2, -0.15) is 0 Å². The minimum Gasteiger partial charge on any atom is -0.469 e. The number of hydrogen-bond acceptors (Lipinski definition) is 4. The van der Waals surface area contributed by atoms with Crippen LogP contribution in [0.3, 0.4) is 0 Å². The molecule has 102 valence electrons. The number of methoxy groups -OCH3 is 1. The first-order chi connectivity index (χ1) is 9.11. The van der Waals surface area contributed by atoms with Gasteiger partial charge in [-0.1, -0.05) is 0 Å². The summed E-state index contributed by atoms with van der Waals surface area (Å²) in [5.74, 6) is -0.383. The molecule has 0 aliphatic heterocycles. The Morgan fingerprint density at radius 3 is 2.79 bits per heavy atom. The van der Waals surface area contributed by atoms with Gasteiger partial charge in [0.15, 0.2) is 0 Å². The summed E-state index contributed by atoms with van der Waals surface area (Å²) in [7, 11) is 1.35. The maximum absolute atomic E-state index is 12.4. The summed E-state index contributed by atoms with van der Waals surface area (Å²) in [5, 5.41) is 0. The zero-order valence-corrected chi connectivity index (χ0v) is 12.2. The first-order valence-corrected chi connectivity index (χ1v) is 6.89. The number of halogens is 1. The summed E-state index contributed by atoms with van der Waals surface area (Å²) >= 11 is 3.30. The van der Waals surface area contributed by atoms with Gasteiger partial charge in [-0.25, -0.2) is 0 Å². The van der Waals surface area contributed by atoms with E-state index in [1.54, 1.807) is 23.4 Å². The Balaban J connectivity index is 2.06. The van der Waals surface area contributed by atoms with Crippen LogP contribution in [0, 0.1) is 0 Å². The van der Waals surface area contributed by atoms with Crippen LogP contribution in [-0.2, 0) is 9.53 Å². The average molecular weight is 327 g/mol. The first-order valence-electron chi connectivity index (χ1n) is 6.10. The van der Waals surface area contributed by atoms with Crippen LogP contribution >= 0.6 is 15.9 Å². The van der Waals surface area contributed by atoms with Crippen molar-refractivity contribution in [3.05, 3.63) is 28.5 Å². The molecule has 1 aliphatic carbocycles. The summed E-state index contributed by atoms with van der Waals surface area (Å²) in [4.78, 5) is 29.3. The second-order valence-electron chi connectivity index (χ2n) is 4.45. The van der Waals surface area contributed by atoms with E-state index in [1.807, 2.05) is 0 Å². The molecule has 0 spiro atoms. The van der Waals surface area contributed by atoms with Gasteiger partial charge in [0.05, 0.1) is 19.1 Å². The van der Waals surface area contributed by atoms with Crippen LogP contribution in [0.2, 0.25) is 0 Å². The number of carbonyl (C=O) groups is 2. The molecule has 1 saturated carbocycles. The van der Waals surface area contributed by atoms with E-state index >= 15 is 0 Å². The highest BCUT2D eigenvalue weighted by Crippen LogP contribution is 2.28. The fraction of sp³-hybridized carbons (Fsp3) is 0.462. The van der Waals surface area contributed by atoms with Crippen LogP contribution in [0.15, 0.2) is 22.9 Å². The summed E-state index contributed by atoms with van der Waals surface area (Å²) < 4.78 is 5.37. The van der Waals surface area contributed by atoms with Crippen molar-refractivity contribution >= 4 is 27.8 Å². The fourth-order valence-electron chi connectivity index (χ4n) is 1.84. The van der Waals surface area contributed by atoms with Crippen molar-refractivity contribution < 1.29 is 14.3 Å². The lowest BCUT2D eigenvalue weighted by Gasteiger charge is -2.21. The van der Waals surface area contributed by atoms with Crippen molar-refractivity contribution in [2.75, 3.05) is 13.7 Å². The van der Waals surface area contributed by atoms with Crippen LogP contribution in [-0.4, -0.2) is 41.5 Å². The van der Waals surface area contributed by atoms with E-state index in [0.717, 1.165) is 17.3 Å². The van der Waals surface area contributed by atoms with E-state index in [0.29, 0.717) is 12.1 Å². The number of hydrogen-bond donors (Lipinski definition) is 0. The van der Waals surface area contributed by atoms with Crippen molar-refractivity contribution in [3.8, 4) is 0 Å². The lowest BCUT2D eigenvalue weighted by Crippen LogP contribution is -2.35. The maximum Gasteiger partial charge on any atom is 0.307 e. The van der Waals surface area contributed by atoms with Gasteiger partial charge in [-0.05, 0) is 34.8 Å². The third-order valence-electron chi connectivity index (χ3n) is 2.98. The highest BCUT2D eigenvalue weighted by atomic mass is 79.9. The lowest BCUT2D eigenvalue weighted by atomic mass is 10.2. The minimum absolute atomic E-state index is 0.0831. The third-order valence-corrected chi connectivity index (χ3v) is 3.42. The standard InChI is InChI=1S/C13H15BrN2O3/c1-19-12(17)4-5-16(11-2-3-11)13(18)9-6-10(14)8-15-7-9/h6-8,11H,2-5H2,1H3. The summed E-state index contributed by atoms with van der Waals surface area (Å²) in [6, 6.07) is 1.99. The number of nitrogens with zero attached hydrogens (tertiary/aromatic N) is 2. The van der Waals surface area contributed by atoms with Crippen molar-refractivity contribution in [3.63, 3.8) is 0 Å². The van der Waals surface area contributed by atoms with Crippen LogP contribution in [0.4, 0.5) is 0 Å². The average Bonchev–Trinajstić information content (AvgIpc) is 3.23. The number of rotatable bonds is 5. The van der Waals surface area contributed by atoms with Crippen LogP contribution < -0.4 is 0 Å². The summed E-state index contributed by atoms with van der Waals surface area (Å²) in [6.07, 6.45) is 5.39. The highest BCUT2D eigenvalue weighted by Gasteiger charge is 2.33. The number of esters is 1. The first kappa shape index (κ1) is 14.0. The number of aromatic nitrogens is 1. The largest absolute Gasteiger partial charge is 0.469 e. The SMILES string of the molecule is COC(=O)CCN(C(=O)c1cncc(Br)c1)C1CC1. The molecule has 1 aromatic rings. The summed E-state index contributed by atoms with van der Waals surface area (Å²) in [5.41, 5.74) is 0.533. The molecule has 0 N–H and O–H groups in total. The Labute approximate surface area is 120 Å². The monoisotopic (exact) mass is 326 g/mol. The second kappa shape index (κ2) is 6.14. The molecule has 1 heterocycles. The topological polar surface area (TPSA) is 59.5 Å². The van der Waals surface area contributed by atoms with Gasteiger partial charge >= 0.3 is 5.97 Å².